The average Bonchev–Trinajstić information content (AvgIpc) is 2.42. The lowest BCUT2D eigenvalue weighted by atomic mass is 9.96. The highest BCUT2D eigenvalue weighted by Gasteiger charge is 2.23. The molecular weight excluding hydrogens is 260 g/mol. The molecule has 0 aliphatic heterocycles. The average molecular weight is 280 g/mol. The Kier molecular flexibility index (Phi) is 4.84. The first-order chi connectivity index (χ1) is 9.65. The number of rotatable bonds is 6. The van der Waals surface area contributed by atoms with Gasteiger partial charge in [-0.2, -0.15) is 0 Å². The first kappa shape index (κ1) is 14.7. The van der Waals surface area contributed by atoms with Crippen molar-refractivity contribution in [2.75, 3.05) is 13.7 Å². The normalized spacial score (nSPS) is 16.1. The summed E-state index contributed by atoms with van der Waals surface area (Å²) < 4.78 is 15.9. The van der Waals surface area contributed by atoms with Crippen LogP contribution in [0, 0.1) is 0 Å². The van der Waals surface area contributed by atoms with E-state index in [-0.39, 0.29) is 12.7 Å². The van der Waals surface area contributed by atoms with Crippen molar-refractivity contribution in [3.63, 3.8) is 0 Å². The Morgan fingerprint density at radius 1 is 1.40 bits per heavy atom. The van der Waals surface area contributed by atoms with Gasteiger partial charge in [0.25, 0.3) is 0 Å². The van der Waals surface area contributed by atoms with Gasteiger partial charge < -0.3 is 19.3 Å². The van der Waals surface area contributed by atoms with Crippen LogP contribution < -0.4 is 9.47 Å². The van der Waals surface area contributed by atoms with E-state index in [1.807, 2.05) is 0 Å². The SMILES string of the molecule is CCOC(=O)C(O)c1ccc(OC)c(OC2CCC2)c1. The van der Waals surface area contributed by atoms with Gasteiger partial charge in [-0.1, -0.05) is 6.07 Å². The third-order valence-corrected chi connectivity index (χ3v) is 3.36. The fourth-order valence-corrected chi connectivity index (χ4v) is 1.98. The molecule has 5 nitrogen and oxygen atoms in total. The van der Waals surface area contributed by atoms with Crippen molar-refractivity contribution in [1.82, 2.24) is 0 Å². The molecule has 5 heteroatoms. The highest BCUT2D eigenvalue weighted by Crippen LogP contribution is 2.34. The van der Waals surface area contributed by atoms with Gasteiger partial charge in [-0.25, -0.2) is 4.79 Å². The van der Waals surface area contributed by atoms with E-state index in [0.717, 1.165) is 19.3 Å². The molecule has 0 bridgehead atoms. The second-order valence-electron chi connectivity index (χ2n) is 4.74. The molecule has 1 unspecified atom stereocenters. The third kappa shape index (κ3) is 3.22. The van der Waals surface area contributed by atoms with Crippen LogP contribution in [-0.4, -0.2) is 30.9 Å². The van der Waals surface area contributed by atoms with Crippen molar-refractivity contribution in [2.24, 2.45) is 0 Å². The van der Waals surface area contributed by atoms with E-state index >= 15 is 0 Å². The van der Waals surface area contributed by atoms with Gasteiger partial charge in [0.2, 0.25) is 0 Å². The molecule has 1 aromatic carbocycles. The number of ether oxygens (including phenoxy) is 3. The van der Waals surface area contributed by atoms with Gasteiger partial charge in [0.15, 0.2) is 17.6 Å². The molecule has 110 valence electrons. The summed E-state index contributed by atoms with van der Waals surface area (Å²) in [7, 11) is 1.56. The van der Waals surface area contributed by atoms with E-state index in [4.69, 9.17) is 14.2 Å². The predicted molar refractivity (Wildman–Crippen MR) is 72.9 cm³/mol. The summed E-state index contributed by atoms with van der Waals surface area (Å²) in [6, 6.07) is 4.96. The van der Waals surface area contributed by atoms with E-state index in [9.17, 15) is 9.90 Å². The van der Waals surface area contributed by atoms with Crippen LogP contribution in [0.1, 0.15) is 37.9 Å². The van der Waals surface area contributed by atoms with E-state index in [1.165, 1.54) is 0 Å². The molecule has 20 heavy (non-hydrogen) atoms. The second-order valence-corrected chi connectivity index (χ2v) is 4.74. The lowest BCUT2D eigenvalue weighted by Gasteiger charge is -2.27. The van der Waals surface area contributed by atoms with Gasteiger partial charge in [0.1, 0.15) is 0 Å². The fraction of sp³-hybridized carbons (Fsp3) is 0.533. The largest absolute Gasteiger partial charge is 0.493 e. The quantitative estimate of drug-likeness (QED) is 0.809. The number of hydrogen-bond donors (Lipinski definition) is 1. The van der Waals surface area contributed by atoms with E-state index in [1.54, 1.807) is 32.2 Å². The van der Waals surface area contributed by atoms with Crippen LogP contribution in [0.5, 0.6) is 11.5 Å². The summed E-state index contributed by atoms with van der Waals surface area (Å²) in [4.78, 5) is 11.6. The van der Waals surface area contributed by atoms with Gasteiger partial charge >= 0.3 is 5.97 Å². The summed E-state index contributed by atoms with van der Waals surface area (Å²) in [6.45, 7) is 1.93. The van der Waals surface area contributed by atoms with Crippen molar-refractivity contribution in [2.45, 2.75) is 38.4 Å². The Morgan fingerprint density at radius 2 is 2.15 bits per heavy atom. The van der Waals surface area contributed by atoms with Crippen LogP contribution in [0.4, 0.5) is 0 Å². The van der Waals surface area contributed by atoms with Crippen molar-refractivity contribution in [3.05, 3.63) is 23.8 Å². The highest BCUT2D eigenvalue weighted by atomic mass is 16.5. The molecule has 1 fully saturated rings. The molecule has 1 aliphatic rings. The Hall–Kier alpha value is -1.75. The minimum Gasteiger partial charge on any atom is -0.493 e. The molecule has 0 aromatic heterocycles. The molecule has 1 saturated carbocycles. The minimum absolute atomic E-state index is 0.193. The third-order valence-electron chi connectivity index (χ3n) is 3.36. The first-order valence-electron chi connectivity index (χ1n) is 6.85. The topological polar surface area (TPSA) is 65.0 Å². The highest BCUT2D eigenvalue weighted by molar-refractivity contribution is 5.76. The predicted octanol–water partition coefficient (Wildman–Crippen LogP) is 2.22. The number of methoxy groups -OCH3 is 1. The van der Waals surface area contributed by atoms with Gasteiger partial charge in [-0.3, -0.25) is 0 Å². The van der Waals surface area contributed by atoms with Gasteiger partial charge in [0.05, 0.1) is 19.8 Å². The van der Waals surface area contributed by atoms with Crippen LogP contribution in [0.2, 0.25) is 0 Å². The Labute approximate surface area is 118 Å². The fourth-order valence-electron chi connectivity index (χ4n) is 1.98. The lowest BCUT2D eigenvalue weighted by Crippen LogP contribution is -2.25. The van der Waals surface area contributed by atoms with Crippen molar-refractivity contribution >= 4 is 5.97 Å². The Bertz CT molecular complexity index is 467. The molecule has 0 spiro atoms. The van der Waals surface area contributed by atoms with Gasteiger partial charge in [-0.05, 0) is 43.9 Å². The molecule has 0 amide bonds. The molecule has 0 heterocycles. The Morgan fingerprint density at radius 3 is 2.70 bits per heavy atom. The minimum atomic E-state index is -1.30. The molecule has 1 aliphatic carbocycles. The second kappa shape index (κ2) is 6.61. The molecular formula is C15H20O5. The molecule has 1 atom stereocenters. The molecule has 1 aromatic rings. The van der Waals surface area contributed by atoms with Crippen LogP contribution in [0.25, 0.3) is 0 Å². The Balaban J connectivity index is 2.17. The smallest absolute Gasteiger partial charge is 0.339 e. The number of carbonyl (C=O) groups is 1. The van der Waals surface area contributed by atoms with Gasteiger partial charge in [-0.15, -0.1) is 0 Å². The van der Waals surface area contributed by atoms with Crippen molar-refractivity contribution in [3.8, 4) is 11.5 Å². The zero-order chi connectivity index (χ0) is 14.5. The number of carbonyl (C=O) groups excluding carboxylic acids is 1. The van der Waals surface area contributed by atoms with Crippen LogP contribution in [-0.2, 0) is 9.53 Å². The summed E-state index contributed by atoms with van der Waals surface area (Å²) in [5, 5.41) is 9.94. The van der Waals surface area contributed by atoms with Crippen molar-refractivity contribution in [1.29, 1.82) is 0 Å². The monoisotopic (exact) mass is 280 g/mol. The zero-order valence-electron chi connectivity index (χ0n) is 11.8. The van der Waals surface area contributed by atoms with Crippen LogP contribution in [0.3, 0.4) is 0 Å². The number of aliphatic hydroxyl groups is 1. The van der Waals surface area contributed by atoms with E-state index < -0.39 is 12.1 Å². The van der Waals surface area contributed by atoms with Crippen LogP contribution >= 0.6 is 0 Å². The maximum atomic E-state index is 11.6. The van der Waals surface area contributed by atoms with Crippen molar-refractivity contribution < 1.29 is 24.1 Å². The maximum absolute atomic E-state index is 11.6. The maximum Gasteiger partial charge on any atom is 0.339 e. The molecule has 0 saturated heterocycles. The number of benzene rings is 1. The molecule has 2 rings (SSSR count). The summed E-state index contributed by atoms with van der Waals surface area (Å²) in [5.74, 6) is 0.488. The number of aliphatic hydroxyl groups excluding tert-OH is 1. The first-order valence-corrected chi connectivity index (χ1v) is 6.85. The summed E-state index contributed by atoms with van der Waals surface area (Å²) in [5.41, 5.74) is 0.443. The number of esters is 1. The van der Waals surface area contributed by atoms with E-state index in [2.05, 4.69) is 0 Å². The van der Waals surface area contributed by atoms with Gasteiger partial charge in [0, 0.05) is 0 Å². The van der Waals surface area contributed by atoms with E-state index in [0.29, 0.717) is 17.1 Å². The standard InChI is InChI=1S/C15H20O5/c1-3-19-15(17)14(16)10-7-8-12(18-2)13(9-10)20-11-5-4-6-11/h7-9,11,14,16H,3-6H2,1-2H3. The van der Waals surface area contributed by atoms with Crippen LogP contribution in [0.15, 0.2) is 18.2 Å². The zero-order valence-corrected chi connectivity index (χ0v) is 11.8. The summed E-state index contributed by atoms with van der Waals surface area (Å²) in [6.07, 6.45) is 2.10. The molecule has 1 N–H and O–H groups in total. The summed E-state index contributed by atoms with van der Waals surface area (Å²) >= 11 is 0. The number of hydrogen-bond acceptors (Lipinski definition) is 5. The lowest BCUT2D eigenvalue weighted by molar-refractivity contribution is -0.153. The molecule has 0 radical (unpaired) electrons.